The van der Waals surface area contributed by atoms with Crippen LogP contribution in [0.25, 0.3) is 0 Å². The van der Waals surface area contributed by atoms with Gasteiger partial charge in [-0.15, -0.1) is 0 Å². The van der Waals surface area contributed by atoms with Gasteiger partial charge in [0.2, 0.25) is 0 Å². The number of anilines is 2. The molecule has 1 aromatic heterocycles. The molecule has 2 rings (SSSR count). The van der Waals surface area contributed by atoms with Gasteiger partial charge in [0.05, 0.1) is 17.6 Å². The van der Waals surface area contributed by atoms with E-state index in [2.05, 4.69) is 46.5 Å². The monoisotopic (exact) mass is 408 g/mol. The Hall–Kier alpha value is -1.06. The number of hydrogen-bond donors (Lipinski definition) is 3. The Kier molecular flexibility index (Phi) is 3.88. The molecule has 6 nitrogen and oxygen atoms in total. The van der Waals surface area contributed by atoms with Crippen LogP contribution in [0.4, 0.5) is 11.4 Å². The lowest BCUT2D eigenvalue weighted by molar-refractivity contribution is 0.598. The second-order valence-electron chi connectivity index (χ2n) is 3.79. The summed E-state index contributed by atoms with van der Waals surface area (Å²) in [5.74, 6) is 0.517. The highest BCUT2D eigenvalue weighted by Crippen LogP contribution is 2.33. The third-order valence-corrected chi connectivity index (χ3v) is 4.63. The fraction of sp³-hybridized carbons (Fsp3) is 0.100. The number of hydrogen-bond acceptors (Lipinski definition) is 4. The van der Waals surface area contributed by atoms with E-state index in [1.54, 1.807) is 19.1 Å². The number of nitrogens with two attached hydrogens (primary N) is 1. The lowest BCUT2D eigenvalue weighted by Gasteiger charge is -2.11. The maximum atomic E-state index is 12.1. The first-order chi connectivity index (χ1) is 8.79. The zero-order valence-corrected chi connectivity index (χ0v) is 13.7. The van der Waals surface area contributed by atoms with Crippen LogP contribution in [0.2, 0.25) is 0 Å². The molecular formula is C10H10Br2N4O2S. The lowest BCUT2D eigenvalue weighted by atomic mass is 10.3. The predicted octanol–water partition coefficient (Wildman–Crippen LogP) is 2.63. The van der Waals surface area contributed by atoms with E-state index in [1.807, 2.05) is 0 Å². The van der Waals surface area contributed by atoms with Crippen molar-refractivity contribution in [2.45, 2.75) is 11.9 Å². The number of sulfonamides is 1. The van der Waals surface area contributed by atoms with Gasteiger partial charge in [-0.05, 0) is 35.0 Å². The first-order valence-electron chi connectivity index (χ1n) is 5.08. The molecule has 1 heterocycles. The van der Waals surface area contributed by atoms with Gasteiger partial charge in [-0.2, -0.15) is 8.42 Å². The van der Waals surface area contributed by atoms with Crippen molar-refractivity contribution in [2.75, 3.05) is 10.5 Å². The first-order valence-corrected chi connectivity index (χ1v) is 8.15. The molecule has 0 spiro atoms. The smallest absolute Gasteiger partial charge is 0.279 e. The molecule has 102 valence electrons. The summed E-state index contributed by atoms with van der Waals surface area (Å²) in [6.45, 7) is 1.67. The minimum absolute atomic E-state index is 0.0146. The zero-order chi connectivity index (χ0) is 14.2. The van der Waals surface area contributed by atoms with E-state index in [4.69, 9.17) is 5.73 Å². The second kappa shape index (κ2) is 5.14. The molecule has 0 saturated carbocycles. The van der Waals surface area contributed by atoms with Crippen LogP contribution in [0, 0.1) is 6.92 Å². The maximum Gasteiger partial charge on any atom is 0.279 e. The number of benzene rings is 1. The van der Waals surface area contributed by atoms with Crippen LogP contribution in [0.1, 0.15) is 5.82 Å². The van der Waals surface area contributed by atoms with Crippen molar-refractivity contribution in [3.05, 3.63) is 33.1 Å². The summed E-state index contributed by atoms with van der Waals surface area (Å²) in [6, 6.07) is 3.31. The number of aromatic amines is 1. The number of nitrogens with one attached hydrogen (secondary N) is 2. The van der Waals surface area contributed by atoms with Gasteiger partial charge in [0.25, 0.3) is 10.0 Å². The summed E-state index contributed by atoms with van der Waals surface area (Å²) in [4.78, 5) is 6.52. The van der Waals surface area contributed by atoms with E-state index in [0.717, 1.165) is 4.47 Å². The van der Waals surface area contributed by atoms with Gasteiger partial charge in [-0.25, -0.2) is 4.98 Å². The average Bonchev–Trinajstić information content (AvgIpc) is 2.71. The van der Waals surface area contributed by atoms with E-state index in [9.17, 15) is 8.42 Å². The summed E-state index contributed by atoms with van der Waals surface area (Å²) < 4.78 is 28.0. The molecule has 0 amide bonds. The van der Waals surface area contributed by atoms with Crippen molar-refractivity contribution < 1.29 is 8.42 Å². The summed E-state index contributed by atoms with van der Waals surface area (Å²) >= 11 is 6.54. The van der Waals surface area contributed by atoms with E-state index < -0.39 is 10.0 Å². The topological polar surface area (TPSA) is 101 Å². The molecule has 19 heavy (non-hydrogen) atoms. The van der Waals surface area contributed by atoms with Crippen molar-refractivity contribution in [3.63, 3.8) is 0 Å². The molecule has 1 aromatic carbocycles. The number of aromatic nitrogens is 2. The summed E-state index contributed by atoms with van der Waals surface area (Å²) in [7, 11) is -3.74. The highest BCUT2D eigenvalue weighted by Gasteiger charge is 2.19. The minimum atomic E-state index is -3.74. The number of nitrogens with zero attached hydrogens (tertiary/aromatic N) is 1. The lowest BCUT2D eigenvalue weighted by Crippen LogP contribution is -2.15. The molecule has 0 unspecified atom stereocenters. The molecule has 9 heteroatoms. The molecule has 0 aliphatic rings. The standard InChI is InChI=1S/C10H10Br2N4O2S/c1-5-14-4-9(15-5)19(17,18)16-10-7(12)2-6(11)3-8(10)13/h2-4,16H,13H2,1H3,(H,14,15). The molecule has 0 aliphatic heterocycles. The summed E-state index contributed by atoms with van der Waals surface area (Å²) in [5, 5.41) is -0.0146. The Balaban J connectivity index is 2.41. The third kappa shape index (κ3) is 3.10. The van der Waals surface area contributed by atoms with Crippen LogP contribution < -0.4 is 10.5 Å². The number of H-pyrrole nitrogens is 1. The fourth-order valence-corrected chi connectivity index (χ4v) is 3.99. The quantitative estimate of drug-likeness (QED) is 0.678. The number of imidazole rings is 1. The molecule has 0 fully saturated rings. The SMILES string of the molecule is Cc1ncc(S(=O)(=O)Nc2c(N)cc(Br)cc2Br)[nH]1. The van der Waals surface area contributed by atoms with Gasteiger partial charge in [0, 0.05) is 8.95 Å². The molecule has 0 saturated heterocycles. The van der Waals surface area contributed by atoms with Crippen molar-refractivity contribution >= 4 is 53.3 Å². The first kappa shape index (κ1) is 14.4. The maximum absolute atomic E-state index is 12.1. The van der Waals surface area contributed by atoms with Crippen LogP contribution in [-0.2, 0) is 10.0 Å². The Labute approximate surface area is 127 Å². The fourth-order valence-electron chi connectivity index (χ4n) is 1.43. The van der Waals surface area contributed by atoms with Gasteiger partial charge >= 0.3 is 0 Å². The molecule has 2 aromatic rings. The number of rotatable bonds is 3. The molecular weight excluding hydrogens is 400 g/mol. The largest absolute Gasteiger partial charge is 0.397 e. The van der Waals surface area contributed by atoms with Crippen molar-refractivity contribution in [3.8, 4) is 0 Å². The van der Waals surface area contributed by atoms with Crippen molar-refractivity contribution in [1.82, 2.24) is 9.97 Å². The minimum Gasteiger partial charge on any atom is -0.397 e. The number of nitrogen functional groups attached to an aromatic ring is 1. The van der Waals surface area contributed by atoms with Gasteiger partial charge in [-0.3, -0.25) is 4.72 Å². The van der Waals surface area contributed by atoms with Gasteiger partial charge in [-0.1, -0.05) is 15.9 Å². The zero-order valence-electron chi connectivity index (χ0n) is 9.74. The van der Waals surface area contributed by atoms with Crippen LogP contribution in [0.15, 0.2) is 32.3 Å². The van der Waals surface area contributed by atoms with Gasteiger partial charge in [0.1, 0.15) is 5.82 Å². The highest BCUT2D eigenvalue weighted by molar-refractivity contribution is 9.11. The van der Waals surface area contributed by atoms with Gasteiger partial charge < -0.3 is 10.7 Å². The predicted molar refractivity (Wildman–Crippen MR) is 80.4 cm³/mol. The number of halogens is 2. The molecule has 0 aliphatic carbocycles. The molecule has 0 radical (unpaired) electrons. The molecule has 0 bridgehead atoms. The van der Waals surface area contributed by atoms with Crippen LogP contribution in [-0.4, -0.2) is 18.4 Å². The van der Waals surface area contributed by atoms with Crippen LogP contribution in [0.5, 0.6) is 0 Å². The van der Waals surface area contributed by atoms with Crippen molar-refractivity contribution in [1.29, 1.82) is 0 Å². The average molecular weight is 410 g/mol. The highest BCUT2D eigenvalue weighted by atomic mass is 79.9. The van der Waals surface area contributed by atoms with Crippen molar-refractivity contribution in [2.24, 2.45) is 0 Å². The van der Waals surface area contributed by atoms with E-state index in [-0.39, 0.29) is 10.7 Å². The normalized spacial score (nSPS) is 11.5. The van der Waals surface area contributed by atoms with Crippen LogP contribution in [0.3, 0.4) is 0 Å². The van der Waals surface area contributed by atoms with E-state index in [0.29, 0.717) is 16.0 Å². The summed E-state index contributed by atoms with van der Waals surface area (Å²) in [5.41, 5.74) is 6.39. The van der Waals surface area contributed by atoms with Crippen LogP contribution >= 0.6 is 31.9 Å². The van der Waals surface area contributed by atoms with Gasteiger partial charge in [0.15, 0.2) is 5.03 Å². The summed E-state index contributed by atoms with van der Waals surface area (Å²) in [6.07, 6.45) is 1.25. The Morgan fingerprint density at radius 3 is 2.58 bits per heavy atom. The Morgan fingerprint density at radius 1 is 1.37 bits per heavy atom. The van der Waals surface area contributed by atoms with E-state index >= 15 is 0 Å². The molecule has 4 N–H and O–H groups in total. The molecule has 0 atom stereocenters. The van der Waals surface area contributed by atoms with E-state index in [1.165, 1.54) is 6.20 Å². The Morgan fingerprint density at radius 2 is 2.05 bits per heavy atom. The second-order valence-corrected chi connectivity index (χ2v) is 7.21. The number of aryl methyl sites for hydroxylation is 1. The Bertz CT molecular complexity index is 704. The third-order valence-electron chi connectivity index (χ3n) is 2.29.